The summed E-state index contributed by atoms with van der Waals surface area (Å²) >= 11 is 0. The van der Waals surface area contributed by atoms with Crippen molar-refractivity contribution < 1.29 is 23.1 Å². The van der Waals surface area contributed by atoms with E-state index in [0.29, 0.717) is 0 Å². The molecule has 0 heterocycles. The molecule has 0 bridgehead atoms. The molecule has 6 heteroatoms. The maximum Gasteiger partial charge on any atom is 0.328 e. The van der Waals surface area contributed by atoms with Gasteiger partial charge in [-0.15, -0.1) is 0 Å². The van der Waals surface area contributed by atoms with Crippen molar-refractivity contribution in [3.8, 4) is 0 Å². The highest BCUT2D eigenvalue weighted by Crippen LogP contribution is 2.14. The van der Waals surface area contributed by atoms with Crippen molar-refractivity contribution in [2.45, 2.75) is 32.7 Å². The van der Waals surface area contributed by atoms with Crippen LogP contribution in [0, 0.1) is 25.5 Å². The zero-order valence-corrected chi connectivity index (χ0v) is 14.9. The quantitative estimate of drug-likeness (QED) is 0.805. The monoisotopic (exact) mass is 361 g/mol. The van der Waals surface area contributed by atoms with Crippen molar-refractivity contribution in [1.29, 1.82) is 0 Å². The van der Waals surface area contributed by atoms with Crippen LogP contribution in [0.25, 0.3) is 0 Å². The van der Waals surface area contributed by atoms with E-state index in [2.05, 4.69) is 5.32 Å². The van der Waals surface area contributed by atoms with Crippen LogP contribution in [0.15, 0.2) is 36.4 Å². The summed E-state index contributed by atoms with van der Waals surface area (Å²) in [5.74, 6) is -2.88. The molecule has 1 atom stereocenters. The molecule has 0 saturated carbocycles. The van der Waals surface area contributed by atoms with Crippen LogP contribution in [0.3, 0.4) is 0 Å². The topological polar surface area (TPSA) is 55.4 Å². The fraction of sp³-hybridized carbons (Fsp3) is 0.300. The largest absolute Gasteiger partial charge is 0.467 e. The highest BCUT2D eigenvalue weighted by atomic mass is 19.1. The molecular formula is C20H21F2NO3. The van der Waals surface area contributed by atoms with Gasteiger partial charge in [-0.2, -0.15) is 0 Å². The van der Waals surface area contributed by atoms with E-state index >= 15 is 0 Å². The number of nitrogens with one attached hydrogen (secondary N) is 1. The van der Waals surface area contributed by atoms with E-state index in [0.717, 1.165) is 28.8 Å². The predicted octanol–water partition coefficient (Wildman–Crippen LogP) is 3.02. The summed E-state index contributed by atoms with van der Waals surface area (Å²) in [6, 6.07) is 8.16. The average Bonchev–Trinajstić information content (AvgIpc) is 2.60. The summed E-state index contributed by atoms with van der Waals surface area (Å²) in [5, 5.41) is 2.51. The van der Waals surface area contributed by atoms with E-state index in [1.54, 1.807) is 0 Å². The number of amides is 1. The second-order valence-electron chi connectivity index (χ2n) is 6.14. The lowest BCUT2D eigenvalue weighted by Gasteiger charge is -2.17. The SMILES string of the molecule is COC(=O)[C@H](Cc1ccc(C)c(C)c1)NC(=O)Cc1c(F)cccc1F. The molecule has 1 N–H and O–H groups in total. The third kappa shape index (κ3) is 4.88. The van der Waals surface area contributed by atoms with Gasteiger partial charge in [-0.3, -0.25) is 4.79 Å². The number of carbonyl (C=O) groups excluding carboxylic acids is 2. The minimum absolute atomic E-state index is 0.222. The molecule has 0 aromatic heterocycles. The van der Waals surface area contributed by atoms with Gasteiger partial charge in [-0.1, -0.05) is 24.3 Å². The first-order chi connectivity index (χ1) is 12.3. The van der Waals surface area contributed by atoms with Crippen LogP contribution in [0.1, 0.15) is 22.3 Å². The van der Waals surface area contributed by atoms with Gasteiger partial charge in [0.15, 0.2) is 0 Å². The maximum absolute atomic E-state index is 13.7. The number of carbonyl (C=O) groups is 2. The van der Waals surface area contributed by atoms with Crippen LogP contribution in [0.4, 0.5) is 8.78 Å². The molecule has 0 aliphatic heterocycles. The van der Waals surface area contributed by atoms with E-state index < -0.39 is 36.0 Å². The molecule has 4 nitrogen and oxygen atoms in total. The molecule has 0 unspecified atom stereocenters. The van der Waals surface area contributed by atoms with Crippen LogP contribution in [-0.2, 0) is 27.2 Å². The van der Waals surface area contributed by atoms with Crippen molar-refractivity contribution in [3.63, 3.8) is 0 Å². The molecule has 0 aliphatic rings. The van der Waals surface area contributed by atoms with Crippen molar-refractivity contribution in [2.24, 2.45) is 0 Å². The lowest BCUT2D eigenvalue weighted by molar-refractivity contribution is -0.145. The Kier molecular flexibility index (Phi) is 6.44. The van der Waals surface area contributed by atoms with Gasteiger partial charge < -0.3 is 10.1 Å². The predicted molar refractivity (Wildman–Crippen MR) is 93.6 cm³/mol. The highest BCUT2D eigenvalue weighted by Gasteiger charge is 2.23. The lowest BCUT2D eigenvalue weighted by Crippen LogP contribution is -2.43. The minimum atomic E-state index is -0.940. The second kappa shape index (κ2) is 8.56. The van der Waals surface area contributed by atoms with Crippen molar-refractivity contribution >= 4 is 11.9 Å². The Bertz CT molecular complexity index is 800. The third-order valence-electron chi connectivity index (χ3n) is 4.23. The zero-order chi connectivity index (χ0) is 19.3. The maximum atomic E-state index is 13.7. The molecule has 0 spiro atoms. The van der Waals surface area contributed by atoms with Crippen molar-refractivity contribution in [3.05, 3.63) is 70.3 Å². The smallest absolute Gasteiger partial charge is 0.328 e. The normalized spacial score (nSPS) is 11.7. The second-order valence-corrected chi connectivity index (χ2v) is 6.14. The molecule has 0 radical (unpaired) electrons. The van der Waals surface area contributed by atoms with Gasteiger partial charge >= 0.3 is 5.97 Å². The molecule has 0 fully saturated rings. The average molecular weight is 361 g/mol. The fourth-order valence-corrected chi connectivity index (χ4v) is 2.61. The van der Waals surface area contributed by atoms with Gasteiger partial charge in [0.05, 0.1) is 13.5 Å². The Labute approximate surface area is 151 Å². The summed E-state index contributed by atoms with van der Waals surface area (Å²) in [7, 11) is 1.22. The van der Waals surface area contributed by atoms with Crippen molar-refractivity contribution in [2.75, 3.05) is 7.11 Å². The number of ether oxygens (including phenoxy) is 1. The minimum Gasteiger partial charge on any atom is -0.467 e. The number of halogens is 2. The number of aryl methyl sites for hydroxylation is 2. The highest BCUT2D eigenvalue weighted by molar-refractivity contribution is 5.85. The molecule has 2 aromatic carbocycles. The van der Waals surface area contributed by atoms with Gasteiger partial charge in [0.2, 0.25) is 5.91 Å². The number of hydrogen-bond acceptors (Lipinski definition) is 3. The van der Waals surface area contributed by atoms with E-state index in [4.69, 9.17) is 4.74 Å². The number of methoxy groups -OCH3 is 1. The number of hydrogen-bond donors (Lipinski definition) is 1. The molecule has 0 saturated heterocycles. The standard InChI is InChI=1S/C20H21F2NO3/c1-12-7-8-14(9-13(12)2)10-18(20(25)26-3)23-19(24)11-15-16(21)5-4-6-17(15)22/h4-9,18H,10-11H2,1-3H3,(H,23,24)/t18-/m0/s1. The Morgan fingerprint density at radius 2 is 1.73 bits per heavy atom. The number of esters is 1. The first kappa shape index (κ1) is 19.6. The molecular weight excluding hydrogens is 340 g/mol. The Morgan fingerprint density at radius 1 is 1.08 bits per heavy atom. The van der Waals surface area contributed by atoms with Crippen LogP contribution in [0.2, 0.25) is 0 Å². The van der Waals surface area contributed by atoms with E-state index in [1.807, 2.05) is 32.0 Å². The number of rotatable bonds is 6. The Morgan fingerprint density at radius 3 is 2.31 bits per heavy atom. The van der Waals surface area contributed by atoms with Crippen LogP contribution < -0.4 is 5.32 Å². The van der Waals surface area contributed by atoms with Crippen LogP contribution >= 0.6 is 0 Å². The fourth-order valence-electron chi connectivity index (χ4n) is 2.61. The van der Waals surface area contributed by atoms with Crippen LogP contribution in [0.5, 0.6) is 0 Å². The molecule has 0 aliphatic carbocycles. The van der Waals surface area contributed by atoms with Gasteiger partial charge in [0.1, 0.15) is 17.7 Å². The van der Waals surface area contributed by atoms with Crippen LogP contribution in [-0.4, -0.2) is 25.0 Å². The summed E-state index contributed by atoms with van der Waals surface area (Å²) < 4.78 is 32.1. The Hall–Kier alpha value is -2.76. The molecule has 2 aromatic rings. The van der Waals surface area contributed by atoms with E-state index in [1.165, 1.54) is 13.2 Å². The molecule has 138 valence electrons. The summed E-state index contributed by atoms with van der Waals surface area (Å²) in [5.41, 5.74) is 2.69. The van der Waals surface area contributed by atoms with Crippen molar-refractivity contribution in [1.82, 2.24) is 5.32 Å². The van der Waals surface area contributed by atoms with Gasteiger partial charge in [0, 0.05) is 12.0 Å². The number of benzene rings is 2. The summed E-state index contributed by atoms with van der Waals surface area (Å²) in [4.78, 5) is 24.2. The van der Waals surface area contributed by atoms with Gasteiger partial charge in [-0.05, 0) is 42.7 Å². The van der Waals surface area contributed by atoms with Gasteiger partial charge in [-0.25, -0.2) is 13.6 Å². The third-order valence-corrected chi connectivity index (χ3v) is 4.23. The van der Waals surface area contributed by atoms with Gasteiger partial charge in [0.25, 0.3) is 0 Å². The summed E-state index contributed by atoms with van der Waals surface area (Å²) in [6.07, 6.45) is -0.280. The first-order valence-electron chi connectivity index (χ1n) is 8.18. The lowest BCUT2D eigenvalue weighted by atomic mass is 10.0. The molecule has 2 rings (SSSR count). The Balaban J connectivity index is 2.13. The molecule has 1 amide bonds. The first-order valence-corrected chi connectivity index (χ1v) is 8.18. The van der Waals surface area contributed by atoms with E-state index in [9.17, 15) is 18.4 Å². The molecule has 26 heavy (non-hydrogen) atoms. The zero-order valence-electron chi connectivity index (χ0n) is 14.9. The summed E-state index contributed by atoms with van der Waals surface area (Å²) in [6.45, 7) is 3.92. The van der Waals surface area contributed by atoms with E-state index in [-0.39, 0.29) is 12.0 Å².